The lowest BCUT2D eigenvalue weighted by molar-refractivity contribution is -0.150. The van der Waals surface area contributed by atoms with E-state index in [0.717, 1.165) is 25.0 Å². The predicted octanol–water partition coefficient (Wildman–Crippen LogP) is -1.15. The van der Waals surface area contributed by atoms with Crippen molar-refractivity contribution in [3.05, 3.63) is 0 Å². The van der Waals surface area contributed by atoms with Crippen molar-refractivity contribution >= 4 is 35.6 Å². The minimum absolute atomic E-state index is 0.0366. The molecule has 33 heavy (non-hydrogen) atoms. The number of likely N-dealkylation sites (N-methyl/N-ethyl adjacent to an activating group) is 1. The molecule has 0 aliphatic carbocycles. The normalized spacial score (nSPS) is 22.4. The van der Waals surface area contributed by atoms with E-state index < -0.39 is 30.9 Å². The Hall–Kier alpha value is -2.09. The Kier molecular flexibility index (Phi) is 11.2. The van der Waals surface area contributed by atoms with Gasteiger partial charge in [0.2, 0.25) is 5.91 Å². The van der Waals surface area contributed by atoms with Crippen LogP contribution in [-0.4, -0.2) is 106 Å². The second-order valence-corrected chi connectivity index (χ2v) is 9.50. The van der Waals surface area contributed by atoms with Gasteiger partial charge in [-0.25, -0.2) is 4.79 Å². The summed E-state index contributed by atoms with van der Waals surface area (Å²) < 4.78 is 4.85. The number of nitrogens with one attached hydrogen (secondary N) is 3. The molecule has 4 unspecified atom stereocenters. The van der Waals surface area contributed by atoms with E-state index in [-0.39, 0.29) is 43.4 Å². The largest absolute Gasteiger partial charge is 0.480 e. The lowest BCUT2D eigenvalue weighted by Gasteiger charge is -2.20. The number of esters is 1. The zero-order valence-corrected chi connectivity index (χ0v) is 19.5. The van der Waals surface area contributed by atoms with Crippen molar-refractivity contribution < 1.29 is 39.2 Å². The zero-order valence-electron chi connectivity index (χ0n) is 18.7. The van der Waals surface area contributed by atoms with Gasteiger partial charge in [0, 0.05) is 44.0 Å². The maximum absolute atomic E-state index is 12.3. The summed E-state index contributed by atoms with van der Waals surface area (Å²) in [6, 6.07) is -0.880. The maximum Gasteiger partial charge on any atom is 0.324 e. The van der Waals surface area contributed by atoms with E-state index >= 15 is 0 Å². The van der Waals surface area contributed by atoms with Crippen molar-refractivity contribution in [1.29, 1.82) is 0 Å². The number of carboxylic acids is 1. The fourth-order valence-corrected chi connectivity index (χ4v) is 5.24. The van der Waals surface area contributed by atoms with Gasteiger partial charge in [0.1, 0.15) is 12.6 Å². The predicted molar refractivity (Wildman–Crippen MR) is 119 cm³/mol. The van der Waals surface area contributed by atoms with Gasteiger partial charge in [0.05, 0.1) is 18.5 Å². The number of aliphatic hydroxyl groups excluding tert-OH is 1. The summed E-state index contributed by atoms with van der Waals surface area (Å²) in [5, 5.41) is 35.7. The van der Waals surface area contributed by atoms with Crippen molar-refractivity contribution in [2.45, 2.75) is 68.2 Å². The highest BCUT2D eigenvalue weighted by Crippen LogP contribution is 2.33. The molecule has 6 N–H and O–H groups in total. The van der Waals surface area contributed by atoms with E-state index in [0.29, 0.717) is 18.2 Å². The Morgan fingerprint density at radius 2 is 2.00 bits per heavy atom. The second kappa shape index (κ2) is 13.6. The molecule has 0 aromatic rings. The number of hydrogen-bond donors (Lipinski definition) is 6. The van der Waals surface area contributed by atoms with Crippen LogP contribution in [0.2, 0.25) is 0 Å². The van der Waals surface area contributed by atoms with E-state index in [1.54, 1.807) is 7.05 Å². The van der Waals surface area contributed by atoms with Crippen LogP contribution in [-0.2, 0) is 19.1 Å². The minimum Gasteiger partial charge on any atom is -0.480 e. The van der Waals surface area contributed by atoms with Crippen LogP contribution in [0.25, 0.3) is 0 Å². The molecule has 0 aromatic carbocycles. The molecule has 2 heterocycles. The third-order valence-electron chi connectivity index (χ3n) is 5.65. The van der Waals surface area contributed by atoms with Crippen LogP contribution in [0.15, 0.2) is 0 Å². The number of amides is 3. The van der Waals surface area contributed by atoms with Gasteiger partial charge in [-0.2, -0.15) is 11.8 Å². The fraction of sp³-hybridized carbons (Fsp3) is 0.800. The topological polar surface area (TPSA) is 178 Å². The first-order valence-electron chi connectivity index (χ1n) is 11.1. The van der Waals surface area contributed by atoms with Crippen molar-refractivity contribution in [1.82, 2.24) is 20.9 Å². The van der Waals surface area contributed by atoms with Gasteiger partial charge in [-0.05, 0) is 12.8 Å². The second-order valence-electron chi connectivity index (χ2n) is 8.23. The van der Waals surface area contributed by atoms with E-state index in [1.807, 2.05) is 11.8 Å². The number of aliphatic hydroxyl groups is 2. The molecule has 188 valence electrons. The Labute approximate surface area is 196 Å². The standard InChI is InChI=1S/C20H34N4O8S/c1-24(9-8-21-12(19(29)30)10-32-17(28)7-6-16(26)27)15(25)5-3-2-4-14-18-13(11-33-14)22-20(31)23-18/h12-14,16,18,21,26-27H,2-11H2,1H3,(H,29,30)(H2,22,23,31). The summed E-state index contributed by atoms with van der Waals surface area (Å²) in [5.74, 6) is -1.04. The number of unbranched alkanes of at least 4 members (excludes halogenated alkanes) is 1. The number of nitrogens with zero attached hydrogens (tertiary/aromatic N) is 1. The molecule has 2 fully saturated rings. The number of ether oxygens (including phenoxy) is 1. The molecule has 0 aromatic heterocycles. The molecule has 3 amide bonds. The molecule has 0 saturated carbocycles. The molecular weight excluding hydrogens is 456 g/mol. The first-order valence-corrected chi connectivity index (χ1v) is 12.1. The molecule has 4 atom stereocenters. The van der Waals surface area contributed by atoms with Gasteiger partial charge in [0.15, 0.2) is 6.29 Å². The van der Waals surface area contributed by atoms with Gasteiger partial charge in [-0.15, -0.1) is 0 Å². The molecule has 2 rings (SSSR count). The number of carbonyl (C=O) groups is 4. The van der Waals surface area contributed by atoms with Crippen molar-refractivity contribution in [2.75, 3.05) is 32.5 Å². The van der Waals surface area contributed by atoms with Crippen LogP contribution in [0, 0.1) is 0 Å². The van der Waals surface area contributed by atoms with Crippen LogP contribution in [0.5, 0.6) is 0 Å². The number of rotatable bonds is 15. The Bertz CT molecular complexity index is 695. The van der Waals surface area contributed by atoms with Gasteiger partial charge in [-0.3, -0.25) is 19.7 Å². The Balaban J connectivity index is 1.57. The van der Waals surface area contributed by atoms with Crippen LogP contribution in [0.3, 0.4) is 0 Å². The van der Waals surface area contributed by atoms with E-state index in [4.69, 9.17) is 14.9 Å². The molecule has 2 aliphatic heterocycles. The van der Waals surface area contributed by atoms with Gasteiger partial charge >= 0.3 is 18.0 Å². The Morgan fingerprint density at radius 1 is 1.24 bits per heavy atom. The quantitative estimate of drug-likeness (QED) is 0.0711. The van der Waals surface area contributed by atoms with Crippen LogP contribution in [0.1, 0.15) is 38.5 Å². The number of urea groups is 1. The summed E-state index contributed by atoms with van der Waals surface area (Å²) in [6.07, 6.45) is 0.905. The number of thioether (sulfide) groups is 1. The van der Waals surface area contributed by atoms with Crippen molar-refractivity contribution in [3.63, 3.8) is 0 Å². The number of aliphatic carboxylic acids is 1. The van der Waals surface area contributed by atoms with E-state index in [1.165, 1.54) is 4.90 Å². The number of carboxylic acid groups (broad SMARTS) is 1. The zero-order chi connectivity index (χ0) is 24.4. The van der Waals surface area contributed by atoms with Gasteiger partial charge < -0.3 is 35.6 Å². The minimum atomic E-state index is -1.62. The van der Waals surface area contributed by atoms with Gasteiger partial charge in [0.25, 0.3) is 0 Å². The highest BCUT2D eigenvalue weighted by atomic mass is 32.2. The molecule has 0 radical (unpaired) electrons. The molecule has 0 bridgehead atoms. The molecule has 13 heteroatoms. The van der Waals surface area contributed by atoms with E-state index in [2.05, 4.69) is 16.0 Å². The average Bonchev–Trinajstić information content (AvgIpc) is 3.30. The fourth-order valence-electron chi connectivity index (χ4n) is 3.70. The average molecular weight is 491 g/mol. The highest BCUT2D eigenvalue weighted by molar-refractivity contribution is 8.00. The number of fused-ring (bicyclic) bond motifs is 1. The number of carbonyl (C=O) groups excluding carboxylic acids is 3. The highest BCUT2D eigenvalue weighted by Gasteiger charge is 2.42. The van der Waals surface area contributed by atoms with E-state index in [9.17, 15) is 24.3 Å². The molecule has 0 spiro atoms. The first kappa shape index (κ1) is 27.2. The summed E-state index contributed by atoms with van der Waals surface area (Å²) in [5.41, 5.74) is 0. The smallest absolute Gasteiger partial charge is 0.324 e. The van der Waals surface area contributed by atoms with Crippen molar-refractivity contribution in [2.24, 2.45) is 0 Å². The summed E-state index contributed by atoms with van der Waals surface area (Å²) in [7, 11) is 1.65. The Morgan fingerprint density at radius 3 is 2.70 bits per heavy atom. The molecule has 12 nitrogen and oxygen atoms in total. The van der Waals surface area contributed by atoms with Crippen LogP contribution >= 0.6 is 11.8 Å². The maximum atomic E-state index is 12.3. The molecule has 2 saturated heterocycles. The third kappa shape index (κ3) is 9.35. The van der Waals surface area contributed by atoms with Crippen molar-refractivity contribution in [3.8, 4) is 0 Å². The summed E-state index contributed by atoms with van der Waals surface area (Å²) in [6.45, 7) is 0.109. The lowest BCUT2D eigenvalue weighted by Crippen LogP contribution is -2.44. The number of hydrogen-bond acceptors (Lipinski definition) is 9. The van der Waals surface area contributed by atoms with Gasteiger partial charge in [-0.1, -0.05) is 6.42 Å². The first-order chi connectivity index (χ1) is 15.7. The molecular formula is C20H34N4O8S. The van der Waals surface area contributed by atoms with Crippen LogP contribution < -0.4 is 16.0 Å². The lowest BCUT2D eigenvalue weighted by atomic mass is 10.0. The molecule has 2 aliphatic rings. The third-order valence-corrected chi connectivity index (χ3v) is 7.16. The summed E-state index contributed by atoms with van der Waals surface area (Å²) >= 11 is 1.84. The monoisotopic (exact) mass is 490 g/mol. The SMILES string of the molecule is CN(CCNC(COC(=O)CCC(O)O)C(=O)O)C(=O)CCCCC1SCC2NC(=O)NC21. The summed E-state index contributed by atoms with van der Waals surface area (Å²) in [4.78, 5) is 48.1. The van der Waals surface area contributed by atoms with Crippen LogP contribution in [0.4, 0.5) is 4.79 Å².